The van der Waals surface area contributed by atoms with E-state index in [1.807, 2.05) is 0 Å². The molecule has 0 spiro atoms. The second-order valence-corrected chi connectivity index (χ2v) is 15.8. The molecule has 2 aromatic heterocycles. The van der Waals surface area contributed by atoms with E-state index in [-0.39, 0.29) is 12.3 Å². The number of amidine groups is 1. The molecule has 5 aliphatic rings. The van der Waals surface area contributed by atoms with Crippen molar-refractivity contribution in [2.75, 3.05) is 0 Å². The normalized spacial score (nSPS) is 22.9. The summed E-state index contributed by atoms with van der Waals surface area (Å²) in [6, 6.07) is 39.4. The van der Waals surface area contributed by atoms with Gasteiger partial charge in [0.05, 0.1) is 17.2 Å². The van der Waals surface area contributed by atoms with Crippen LogP contribution in [0.5, 0.6) is 0 Å². The Kier molecular flexibility index (Phi) is 8.21. The molecule has 0 bridgehead atoms. The fraction of sp³-hybridized carbons (Fsp3) is 0.196. The summed E-state index contributed by atoms with van der Waals surface area (Å²) in [7, 11) is 0. The molecule has 2 N–H and O–H groups in total. The van der Waals surface area contributed by atoms with E-state index in [0.29, 0.717) is 11.8 Å². The highest BCUT2D eigenvalue weighted by Crippen LogP contribution is 2.43. The van der Waals surface area contributed by atoms with Gasteiger partial charge in [-0.05, 0) is 97.7 Å². The molecule has 0 saturated carbocycles. The lowest BCUT2D eigenvalue weighted by Gasteiger charge is -2.36. The van der Waals surface area contributed by atoms with Gasteiger partial charge in [-0.25, -0.2) is 4.99 Å². The highest BCUT2D eigenvalue weighted by Gasteiger charge is 2.32. The van der Waals surface area contributed by atoms with Crippen molar-refractivity contribution in [2.45, 2.75) is 50.9 Å². The monoisotopic (exact) mass is 727 g/mol. The molecule has 0 fully saturated rings. The molecule has 5 heteroatoms. The van der Waals surface area contributed by atoms with Crippen LogP contribution >= 0.6 is 0 Å². The van der Waals surface area contributed by atoms with Gasteiger partial charge in [0.15, 0.2) is 0 Å². The zero-order chi connectivity index (χ0) is 37.0. The third kappa shape index (κ3) is 5.69. The maximum Gasteiger partial charge on any atom is 0.131 e. The van der Waals surface area contributed by atoms with Crippen molar-refractivity contribution in [3.05, 3.63) is 191 Å². The molecule has 3 heterocycles. The lowest BCUT2D eigenvalue weighted by atomic mass is 9.81. The van der Waals surface area contributed by atoms with Gasteiger partial charge in [-0.3, -0.25) is 5.32 Å². The van der Waals surface area contributed by atoms with Crippen molar-refractivity contribution >= 4 is 45.5 Å². The number of fused-ring (bicyclic) bond motifs is 6. The molecule has 5 nitrogen and oxygen atoms in total. The van der Waals surface area contributed by atoms with Gasteiger partial charge in [0.1, 0.15) is 12.0 Å². The number of aliphatic imine (C=N–C) groups is 1. The van der Waals surface area contributed by atoms with Crippen molar-refractivity contribution in [3.8, 4) is 5.69 Å². The van der Waals surface area contributed by atoms with Crippen LogP contribution in [0, 0.1) is 11.8 Å². The number of allylic oxidation sites excluding steroid dienone is 7. The van der Waals surface area contributed by atoms with Gasteiger partial charge in [-0.1, -0.05) is 127 Å². The number of hydrogen-bond donors (Lipinski definition) is 2. The van der Waals surface area contributed by atoms with Crippen LogP contribution in [-0.2, 0) is 12.8 Å². The standard InChI is InChI=1S/C51H45N5/c1-4-15-34(16-5-1)49-52-50(35-17-6-2-7-18-35)54-51(53-49)38-19-14-22-40(31-38)56-45-25-12-10-23-41(45)43-29-27-37(33-48(43)56)36-28-30-47-44(32-36)42-24-11-13-26-46(42)55(47)39-20-8-3-9-21-39/h1-13,15-17,19-21,23-26,28,30-31,33,35-36,49-50,52H,14,18,22,27,29,32H2,(H,53,54). The van der Waals surface area contributed by atoms with Gasteiger partial charge in [-0.2, -0.15) is 0 Å². The number of nitrogens with one attached hydrogen (secondary N) is 2. The Hall–Kier alpha value is -6.17. The molecule has 56 heavy (non-hydrogen) atoms. The molecule has 11 rings (SSSR count). The molecule has 4 aromatic carbocycles. The number of hydrogen-bond acceptors (Lipinski definition) is 3. The van der Waals surface area contributed by atoms with Gasteiger partial charge in [0, 0.05) is 51.0 Å². The fourth-order valence-electron chi connectivity index (χ4n) is 9.81. The Labute approximate surface area is 328 Å². The highest BCUT2D eigenvalue weighted by molar-refractivity contribution is 6.03. The SMILES string of the molecule is C1=CCC(C2NC(C3=CCCC(n4c5c(c6ccccc64)CCC(C4C=Cc6c(c7ccccc7n6-c6ccccc6)C4)=C5)=C3)=NC(c3ccccc3)N2)C=C1. The van der Waals surface area contributed by atoms with Gasteiger partial charge in [-0.15, -0.1) is 0 Å². The third-order valence-electron chi connectivity index (χ3n) is 12.5. The molecule has 0 amide bonds. The van der Waals surface area contributed by atoms with Crippen LogP contribution in [-0.4, -0.2) is 21.1 Å². The van der Waals surface area contributed by atoms with E-state index in [0.717, 1.165) is 44.4 Å². The minimum Gasteiger partial charge on any atom is -0.354 e. The average Bonchev–Trinajstić information content (AvgIpc) is 3.79. The Balaban J connectivity index is 0.969. The summed E-state index contributed by atoms with van der Waals surface area (Å²) in [5.74, 6) is 1.67. The van der Waals surface area contributed by atoms with Crippen molar-refractivity contribution in [1.29, 1.82) is 0 Å². The maximum absolute atomic E-state index is 5.33. The summed E-state index contributed by atoms with van der Waals surface area (Å²) in [4.78, 5) is 5.33. The smallest absolute Gasteiger partial charge is 0.131 e. The quantitative estimate of drug-likeness (QED) is 0.179. The van der Waals surface area contributed by atoms with Gasteiger partial charge < -0.3 is 14.5 Å². The lowest BCUT2D eigenvalue weighted by molar-refractivity contribution is 0.328. The number of nitrogens with zero attached hydrogens (tertiary/aromatic N) is 3. The molecule has 4 aliphatic carbocycles. The van der Waals surface area contributed by atoms with Crippen LogP contribution in [0.2, 0.25) is 0 Å². The first kappa shape index (κ1) is 33.2. The molecule has 4 unspecified atom stereocenters. The van der Waals surface area contributed by atoms with Crippen LogP contribution in [0.3, 0.4) is 0 Å². The number of rotatable bonds is 6. The minimum atomic E-state index is -0.118. The minimum absolute atomic E-state index is 0.0741. The Morgan fingerprint density at radius 2 is 1.41 bits per heavy atom. The topological polar surface area (TPSA) is 46.3 Å². The van der Waals surface area contributed by atoms with Crippen LogP contribution < -0.4 is 10.6 Å². The third-order valence-corrected chi connectivity index (χ3v) is 12.5. The van der Waals surface area contributed by atoms with E-state index >= 15 is 0 Å². The first-order chi connectivity index (χ1) is 27.8. The number of aryl methyl sites for hydroxylation is 1. The molecule has 6 aromatic rings. The van der Waals surface area contributed by atoms with Gasteiger partial charge in [0.25, 0.3) is 0 Å². The van der Waals surface area contributed by atoms with Crippen LogP contribution in [0.1, 0.15) is 59.9 Å². The molecule has 0 saturated heterocycles. The molecular formula is C51H45N5. The Morgan fingerprint density at radius 3 is 2.21 bits per heavy atom. The zero-order valence-corrected chi connectivity index (χ0v) is 31.5. The van der Waals surface area contributed by atoms with E-state index in [1.165, 1.54) is 72.4 Å². The van der Waals surface area contributed by atoms with Crippen molar-refractivity contribution < 1.29 is 0 Å². The second kappa shape index (κ2) is 13.8. The lowest BCUT2D eigenvalue weighted by Crippen LogP contribution is -2.54. The summed E-state index contributed by atoms with van der Waals surface area (Å²) < 4.78 is 5.02. The largest absolute Gasteiger partial charge is 0.354 e. The van der Waals surface area contributed by atoms with Crippen molar-refractivity contribution in [2.24, 2.45) is 16.8 Å². The van der Waals surface area contributed by atoms with E-state index in [2.05, 4.69) is 184 Å². The molecule has 0 radical (unpaired) electrons. The Bertz CT molecular complexity index is 2710. The molecule has 1 aliphatic heterocycles. The van der Waals surface area contributed by atoms with E-state index < -0.39 is 0 Å². The summed E-state index contributed by atoms with van der Waals surface area (Å²) in [5.41, 5.74) is 14.6. The predicted octanol–water partition coefficient (Wildman–Crippen LogP) is 11.1. The first-order valence-electron chi connectivity index (χ1n) is 20.4. The fourth-order valence-corrected chi connectivity index (χ4v) is 9.81. The number of benzene rings is 4. The predicted molar refractivity (Wildman–Crippen MR) is 232 cm³/mol. The maximum atomic E-state index is 5.33. The number of aromatic nitrogens is 2. The first-order valence-corrected chi connectivity index (χ1v) is 20.4. The van der Waals surface area contributed by atoms with Crippen molar-refractivity contribution in [1.82, 2.24) is 19.8 Å². The highest BCUT2D eigenvalue weighted by atomic mass is 15.3. The van der Waals surface area contributed by atoms with E-state index in [9.17, 15) is 0 Å². The molecule has 274 valence electrons. The number of para-hydroxylation sites is 3. The summed E-state index contributed by atoms with van der Waals surface area (Å²) >= 11 is 0. The van der Waals surface area contributed by atoms with Crippen LogP contribution in [0.15, 0.2) is 168 Å². The van der Waals surface area contributed by atoms with Crippen molar-refractivity contribution in [3.63, 3.8) is 0 Å². The molecule has 4 atom stereocenters. The van der Waals surface area contributed by atoms with E-state index in [1.54, 1.807) is 0 Å². The van der Waals surface area contributed by atoms with Crippen LogP contribution in [0.25, 0.3) is 45.3 Å². The summed E-state index contributed by atoms with van der Waals surface area (Å²) in [5, 5.41) is 10.4. The van der Waals surface area contributed by atoms with Crippen LogP contribution in [0.4, 0.5) is 0 Å². The zero-order valence-electron chi connectivity index (χ0n) is 31.5. The summed E-state index contributed by atoms with van der Waals surface area (Å²) in [6.07, 6.45) is 27.2. The average molecular weight is 728 g/mol. The van der Waals surface area contributed by atoms with E-state index in [4.69, 9.17) is 4.99 Å². The van der Waals surface area contributed by atoms with Gasteiger partial charge >= 0.3 is 0 Å². The molecular weight excluding hydrogens is 683 g/mol. The summed E-state index contributed by atoms with van der Waals surface area (Å²) in [6.45, 7) is 0. The second-order valence-electron chi connectivity index (χ2n) is 15.8. The Morgan fingerprint density at radius 1 is 0.661 bits per heavy atom. The van der Waals surface area contributed by atoms with Gasteiger partial charge in [0.2, 0.25) is 0 Å².